The molecule has 4 nitrogen and oxygen atoms in total. The van der Waals surface area contributed by atoms with Gasteiger partial charge in [0.2, 0.25) is 0 Å². The van der Waals surface area contributed by atoms with E-state index in [4.69, 9.17) is 9.47 Å². The van der Waals surface area contributed by atoms with Crippen LogP contribution in [0.5, 0.6) is 5.75 Å². The van der Waals surface area contributed by atoms with E-state index < -0.39 is 0 Å². The van der Waals surface area contributed by atoms with Crippen LogP contribution in [0.15, 0.2) is 84.9 Å². The van der Waals surface area contributed by atoms with E-state index in [9.17, 15) is 4.79 Å². The Morgan fingerprint density at radius 1 is 0.862 bits per heavy atom. The van der Waals surface area contributed by atoms with Crippen LogP contribution in [0, 0.1) is 0 Å². The third kappa shape index (κ3) is 4.61. The number of para-hydroxylation sites is 1. The quantitative estimate of drug-likeness (QED) is 0.430. The molecule has 0 saturated heterocycles. The van der Waals surface area contributed by atoms with Crippen LogP contribution in [0.1, 0.15) is 27.2 Å². The van der Waals surface area contributed by atoms with Crippen molar-refractivity contribution in [3.05, 3.63) is 107 Å². The molecule has 0 bridgehead atoms. The van der Waals surface area contributed by atoms with Gasteiger partial charge >= 0.3 is 5.97 Å². The highest BCUT2D eigenvalue weighted by Gasteiger charge is 2.06. The van der Waals surface area contributed by atoms with Crippen LogP contribution >= 0.6 is 0 Å². The lowest BCUT2D eigenvalue weighted by atomic mass is 10.0. The number of carbonyl (C=O) groups is 1. The predicted molar refractivity (Wildman–Crippen MR) is 113 cm³/mol. The first-order valence-electron chi connectivity index (χ1n) is 9.45. The average Bonchev–Trinajstić information content (AvgIpc) is 2.78. The topological polar surface area (TPSA) is 48.4 Å². The van der Waals surface area contributed by atoms with Crippen molar-refractivity contribution >= 4 is 16.9 Å². The predicted octanol–water partition coefficient (Wildman–Crippen LogP) is 5.19. The fourth-order valence-corrected chi connectivity index (χ4v) is 3.21. The molecule has 4 rings (SSSR count). The molecule has 1 heterocycles. The average molecular weight is 383 g/mol. The van der Waals surface area contributed by atoms with Gasteiger partial charge in [0.05, 0.1) is 23.9 Å². The minimum atomic E-state index is -0.321. The molecule has 144 valence electrons. The van der Waals surface area contributed by atoms with Crippen molar-refractivity contribution < 1.29 is 14.3 Å². The summed E-state index contributed by atoms with van der Waals surface area (Å²) in [5.41, 5.74) is 4.63. The van der Waals surface area contributed by atoms with Crippen LogP contribution in [0.2, 0.25) is 0 Å². The van der Waals surface area contributed by atoms with Crippen molar-refractivity contribution in [1.82, 2.24) is 4.98 Å². The van der Waals surface area contributed by atoms with Gasteiger partial charge in [0.25, 0.3) is 0 Å². The number of esters is 1. The number of pyridine rings is 1. The van der Waals surface area contributed by atoms with Gasteiger partial charge in [-0.3, -0.25) is 0 Å². The molecule has 3 aromatic carbocycles. The lowest BCUT2D eigenvalue weighted by Crippen LogP contribution is -2.02. The van der Waals surface area contributed by atoms with Gasteiger partial charge in [-0.05, 0) is 53.9 Å². The molecule has 0 aliphatic rings. The van der Waals surface area contributed by atoms with Gasteiger partial charge in [-0.15, -0.1) is 0 Å². The number of hydrogen-bond acceptors (Lipinski definition) is 4. The van der Waals surface area contributed by atoms with Crippen molar-refractivity contribution in [3.63, 3.8) is 0 Å². The maximum Gasteiger partial charge on any atom is 0.337 e. The van der Waals surface area contributed by atoms with Crippen LogP contribution in [0.3, 0.4) is 0 Å². The van der Waals surface area contributed by atoms with Crippen LogP contribution in [0.25, 0.3) is 10.9 Å². The first-order valence-corrected chi connectivity index (χ1v) is 9.45. The summed E-state index contributed by atoms with van der Waals surface area (Å²) in [5, 5.41) is 1.12. The summed E-state index contributed by atoms with van der Waals surface area (Å²) in [6, 6.07) is 27.6. The van der Waals surface area contributed by atoms with Gasteiger partial charge in [0.1, 0.15) is 12.4 Å². The zero-order valence-corrected chi connectivity index (χ0v) is 16.2. The minimum absolute atomic E-state index is 0.321. The number of ether oxygens (including phenoxy) is 2. The van der Waals surface area contributed by atoms with Crippen LogP contribution in [-0.4, -0.2) is 18.1 Å². The van der Waals surface area contributed by atoms with Crippen LogP contribution in [0.4, 0.5) is 0 Å². The second kappa shape index (κ2) is 8.57. The zero-order chi connectivity index (χ0) is 20.1. The zero-order valence-electron chi connectivity index (χ0n) is 16.2. The van der Waals surface area contributed by atoms with E-state index in [1.165, 1.54) is 7.11 Å². The van der Waals surface area contributed by atoms with Gasteiger partial charge in [-0.2, -0.15) is 0 Å². The van der Waals surface area contributed by atoms with E-state index in [0.717, 1.165) is 39.9 Å². The second-order valence-electron chi connectivity index (χ2n) is 6.80. The summed E-state index contributed by atoms with van der Waals surface area (Å²) in [6.45, 7) is 0.422. The fraction of sp³-hybridized carbons (Fsp3) is 0.120. The highest BCUT2D eigenvalue weighted by atomic mass is 16.5. The third-order valence-electron chi connectivity index (χ3n) is 4.72. The molecule has 0 atom stereocenters. The lowest BCUT2D eigenvalue weighted by Gasteiger charge is -2.08. The number of carbonyl (C=O) groups excluding carboxylic acids is 1. The number of methoxy groups -OCH3 is 1. The Hall–Kier alpha value is -3.66. The summed E-state index contributed by atoms with van der Waals surface area (Å²) >= 11 is 0. The molecule has 0 spiro atoms. The Bertz CT molecular complexity index is 1140. The smallest absolute Gasteiger partial charge is 0.337 e. The van der Waals surface area contributed by atoms with E-state index in [-0.39, 0.29) is 5.97 Å². The largest absolute Gasteiger partial charge is 0.487 e. The summed E-state index contributed by atoms with van der Waals surface area (Å²) in [5.74, 6) is 0.477. The molecule has 0 radical (unpaired) electrons. The van der Waals surface area contributed by atoms with Gasteiger partial charge < -0.3 is 9.47 Å². The normalized spacial score (nSPS) is 10.7. The molecule has 1 aromatic heterocycles. The highest BCUT2D eigenvalue weighted by molar-refractivity contribution is 5.89. The number of benzene rings is 3. The molecule has 29 heavy (non-hydrogen) atoms. The number of rotatable bonds is 6. The Labute approximate surface area is 169 Å². The molecule has 0 N–H and O–H groups in total. The molecule has 4 aromatic rings. The Morgan fingerprint density at radius 2 is 1.69 bits per heavy atom. The van der Waals surface area contributed by atoms with Crippen molar-refractivity contribution in [2.75, 3.05) is 7.11 Å². The Kier molecular flexibility index (Phi) is 5.52. The number of nitrogens with zero attached hydrogens (tertiary/aromatic N) is 1. The molecular weight excluding hydrogens is 362 g/mol. The summed E-state index contributed by atoms with van der Waals surface area (Å²) in [6.07, 6.45) is 0.733. The van der Waals surface area contributed by atoms with Gasteiger partial charge in [-0.25, -0.2) is 9.78 Å². The van der Waals surface area contributed by atoms with E-state index in [1.807, 2.05) is 72.8 Å². The molecule has 0 aliphatic carbocycles. The molecule has 0 amide bonds. The fourth-order valence-electron chi connectivity index (χ4n) is 3.21. The van der Waals surface area contributed by atoms with Crippen molar-refractivity contribution in [2.24, 2.45) is 0 Å². The van der Waals surface area contributed by atoms with Gasteiger partial charge in [-0.1, -0.05) is 48.5 Å². The maximum atomic E-state index is 11.7. The Balaban J connectivity index is 1.39. The monoisotopic (exact) mass is 383 g/mol. The SMILES string of the molecule is COC(=O)c1cccc(Cc2ccc(OCc3ccc4ccccc4n3)cc2)c1. The Morgan fingerprint density at radius 3 is 2.52 bits per heavy atom. The first-order chi connectivity index (χ1) is 14.2. The van der Waals surface area contributed by atoms with Crippen molar-refractivity contribution in [1.29, 1.82) is 0 Å². The summed E-state index contributed by atoms with van der Waals surface area (Å²) < 4.78 is 10.7. The van der Waals surface area contributed by atoms with E-state index in [1.54, 1.807) is 6.07 Å². The highest BCUT2D eigenvalue weighted by Crippen LogP contribution is 2.18. The number of fused-ring (bicyclic) bond motifs is 1. The van der Waals surface area contributed by atoms with Crippen molar-refractivity contribution in [2.45, 2.75) is 13.0 Å². The molecule has 0 saturated carbocycles. The van der Waals surface area contributed by atoms with Crippen LogP contribution < -0.4 is 4.74 Å². The number of hydrogen-bond donors (Lipinski definition) is 0. The molecule has 0 unspecified atom stereocenters. The second-order valence-corrected chi connectivity index (χ2v) is 6.80. The standard InChI is InChI=1S/C25H21NO3/c1-28-25(27)21-7-4-5-19(16-21)15-18-9-13-23(14-10-18)29-17-22-12-11-20-6-2-3-8-24(20)26-22/h2-14,16H,15,17H2,1H3. The van der Waals surface area contributed by atoms with Gasteiger partial charge in [0.15, 0.2) is 0 Å². The molecule has 0 aliphatic heterocycles. The maximum absolute atomic E-state index is 11.7. The molecule has 0 fully saturated rings. The first kappa shape index (κ1) is 18.7. The number of aromatic nitrogens is 1. The van der Waals surface area contributed by atoms with Crippen molar-refractivity contribution in [3.8, 4) is 5.75 Å². The lowest BCUT2D eigenvalue weighted by molar-refractivity contribution is 0.0600. The van der Waals surface area contributed by atoms with E-state index >= 15 is 0 Å². The van der Waals surface area contributed by atoms with E-state index in [0.29, 0.717) is 12.2 Å². The molecule has 4 heteroatoms. The van der Waals surface area contributed by atoms with Crippen LogP contribution in [-0.2, 0) is 17.8 Å². The summed E-state index contributed by atoms with van der Waals surface area (Å²) in [4.78, 5) is 16.3. The molecular formula is C25H21NO3. The minimum Gasteiger partial charge on any atom is -0.487 e. The third-order valence-corrected chi connectivity index (χ3v) is 4.72. The summed E-state index contributed by atoms with van der Waals surface area (Å²) in [7, 11) is 1.39. The van der Waals surface area contributed by atoms with E-state index in [2.05, 4.69) is 11.1 Å². The van der Waals surface area contributed by atoms with Gasteiger partial charge in [0, 0.05) is 5.39 Å².